The highest BCUT2D eigenvalue weighted by Crippen LogP contribution is 2.61. The Hall–Kier alpha value is -8.19. The minimum atomic E-state index is -0.549. The summed E-state index contributed by atoms with van der Waals surface area (Å²) >= 11 is 0. The van der Waals surface area contributed by atoms with Gasteiger partial charge in [-0.15, -0.1) is 0 Å². The number of rotatable bonds is 4. The fourth-order valence-electron chi connectivity index (χ4n) is 10.1. The minimum Gasteiger partial charge on any atom is -0.228 e. The summed E-state index contributed by atoms with van der Waals surface area (Å²) in [7, 11) is 0. The van der Waals surface area contributed by atoms with Crippen molar-refractivity contribution in [1.82, 2.24) is 9.97 Å². The Bertz CT molecular complexity index is 3380. The topological polar surface area (TPSA) is 49.6 Å². The van der Waals surface area contributed by atoms with Crippen molar-refractivity contribution in [2.45, 2.75) is 5.41 Å². The van der Waals surface area contributed by atoms with Gasteiger partial charge in [-0.3, -0.25) is 0 Å². The first-order valence-corrected chi connectivity index (χ1v) is 20.7. The van der Waals surface area contributed by atoms with Gasteiger partial charge in [0.1, 0.15) is 0 Å². The highest BCUT2D eigenvalue weighted by molar-refractivity contribution is 5.99. The Morgan fingerprint density at radius 1 is 0.344 bits per heavy atom. The van der Waals surface area contributed by atoms with Crippen LogP contribution in [0.15, 0.2) is 212 Å². The van der Waals surface area contributed by atoms with Crippen LogP contribution in [0.5, 0.6) is 0 Å². The number of benzene rings is 9. The van der Waals surface area contributed by atoms with Crippen molar-refractivity contribution in [1.29, 1.82) is 5.26 Å². The van der Waals surface area contributed by atoms with E-state index in [1.807, 2.05) is 24.3 Å². The van der Waals surface area contributed by atoms with Gasteiger partial charge in [0, 0.05) is 16.7 Å². The van der Waals surface area contributed by atoms with Gasteiger partial charge in [0.25, 0.3) is 0 Å². The lowest BCUT2D eigenvalue weighted by molar-refractivity contribution is 0.775. The molecule has 2 aliphatic rings. The first-order valence-electron chi connectivity index (χ1n) is 20.7. The van der Waals surface area contributed by atoms with Gasteiger partial charge in [-0.05, 0) is 102 Å². The highest BCUT2D eigenvalue weighted by atomic mass is 14.9. The third kappa shape index (κ3) is 5.29. The summed E-state index contributed by atoms with van der Waals surface area (Å²) in [5.41, 5.74) is 19.3. The van der Waals surface area contributed by atoms with Gasteiger partial charge in [0.05, 0.1) is 28.4 Å². The normalized spacial score (nSPS) is 12.7. The van der Waals surface area contributed by atoms with Crippen LogP contribution in [-0.4, -0.2) is 9.97 Å². The van der Waals surface area contributed by atoms with Gasteiger partial charge >= 0.3 is 0 Å². The van der Waals surface area contributed by atoms with E-state index in [0.717, 1.165) is 33.6 Å². The lowest BCUT2D eigenvalue weighted by atomic mass is 9.66. The van der Waals surface area contributed by atoms with Crippen molar-refractivity contribution in [3.05, 3.63) is 240 Å². The Kier molecular flexibility index (Phi) is 7.82. The van der Waals surface area contributed by atoms with Gasteiger partial charge in [0.15, 0.2) is 5.82 Å². The maximum absolute atomic E-state index is 9.60. The molecule has 0 radical (unpaired) electrons. The van der Waals surface area contributed by atoms with E-state index in [1.54, 1.807) is 0 Å². The molecule has 3 nitrogen and oxygen atoms in total. The molecule has 0 fully saturated rings. The fraction of sp³-hybridized carbons (Fsp3) is 0.0172. The molecule has 1 aromatic heterocycles. The molecule has 0 amide bonds. The predicted octanol–water partition coefficient (Wildman–Crippen LogP) is 14.2. The molecular weight excluding hydrogens is 739 g/mol. The standard InChI is InChI=1S/C58H35N3/c59-36-37-24-26-40(27-25-37)55-35-56(61-57(60-55)41-30-28-39(29-31-41)44-20-11-13-38-12-1-2-14-43(38)44)42-32-33-54-50(34-42)46-16-4-3-15-45(46)47-17-5-8-21-51(47)58(54)52-22-9-6-18-48(52)49-19-7-10-23-53(49)58/h1-35H. The largest absolute Gasteiger partial charge is 0.228 e. The molecule has 9 aromatic carbocycles. The molecule has 12 rings (SSSR count). The molecule has 0 N–H and O–H groups in total. The second kappa shape index (κ2) is 13.7. The maximum atomic E-state index is 9.60. The molecule has 2 aliphatic carbocycles. The molecule has 0 saturated heterocycles. The van der Waals surface area contributed by atoms with Crippen LogP contribution in [0.4, 0.5) is 0 Å². The summed E-state index contributed by atoms with van der Waals surface area (Å²) in [4.78, 5) is 10.5. The fourth-order valence-corrected chi connectivity index (χ4v) is 10.1. The van der Waals surface area contributed by atoms with Crippen molar-refractivity contribution in [2.24, 2.45) is 0 Å². The SMILES string of the molecule is N#Cc1ccc(-c2cc(-c3ccc4c(c3)-c3ccccc3-c3ccccc3C43c4ccccc4-c4ccccc43)nc(-c3ccc(-c4cccc5ccccc45)cc3)n2)cc1. The summed E-state index contributed by atoms with van der Waals surface area (Å²) in [6, 6.07) is 78.2. The number of hydrogen-bond acceptors (Lipinski definition) is 3. The molecule has 61 heavy (non-hydrogen) atoms. The lowest BCUT2D eigenvalue weighted by Crippen LogP contribution is -2.29. The molecule has 0 unspecified atom stereocenters. The number of hydrogen-bond donors (Lipinski definition) is 0. The quantitative estimate of drug-likeness (QED) is 0.179. The molecule has 1 heterocycles. The van der Waals surface area contributed by atoms with Crippen molar-refractivity contribution >= 4 is 10.8 Å². The van der Waals surface area contributed by atoms with Crippen molar-refractivity contribution < 1.29 is 0 Å². The molecule has 0 bridgehead atoms. The van der Waals surface area contributed by atoms with Crippen LogP contribution in [0.3, 0.4) is 0 Å². The monoisotopic (exact) mass is 773 g/mol. The lowest BCUT2D eigenvalue weighted by Gasteiger charge is -2.35. The van der Waals surface area contributed by atoms with Gasteiger partial charge in [-0.25, -0.2) is 9.97 Å². The number of fused-ring (bicyclic) bond motifs is 13. The number of nitriles is 1. The maximum Gasteiger partial charge on any atom is 0.160 e. The summed E-state index contributed by atoms with van der Waals surface area (Å²) in [5.74, 6) is 0.638. The average Bonchev–Trinajstić information content (AvgIpc) is 3.58. The van der Waals surface area contributed by atoms with Crippen LogP contribution in [0.1, 0.15) is 27.8 Å². The number of aromatic nitrogens is 2. The zero-order valence-electron chi connectivity index (χ0n) is 33.0. The Morgan fingerprint density at radius 2 is 0.803 bits per heavy atom. The van der Waals surface area contributed by atoms with E-state index < -0.39 is 5.41 Å². The van der Waals surface area contributed by atoms with Gasteiger partial charge in [0.2, 0.25) is 0 Å². The van der Waals surface area contributed by atoms with Crippen LogP contribution in [0.2, 0.25) is 0 Å². The predicted molar refractivity (Wildman–Crippen MR) is 248 cm³/mol. The van der Waals surface area contributed by atoms with Crippen molar-refractivity contribution in [3.8, 4) is 84.5 Å². The second-order valence-corrected chi connectivity index (χ2v) is 15.9. The molecule has 3 heteroatoms. The Labute approximate surface area is 354 Å². The van der Waals surface area contributed by atoms with Crippen molar-refractivity contribution in [2.75, 3.05) is 0 Å². The molecule has 282 valence electrons. The van der Waals surface area contributed by atoms with Gasteiger partial charge < -0.3 is 0 Å². The van der Waals surface area contributed by atoms with E-state index >= 15 is 0 Å². The van der Waals surface area contributed by atoms with Crippen LogP contribution in [0, 0.1) is 11.3 Å². The summed E-state index contributed by atoms with van der Waals surface area (Å²) in [6.07, 6.45) is 0. The zero-order valence-corrected chi connectivity index (χ0v) is 33.0. The van der Waals surface area contributed by atoms with Crippen LogP contribution in [-0.2, 0) is 5.41 Å². The highest BCUT2D eigenvalue weighted by Gasteiger charge is 2.49. The molecule has 10 aromatic rings. The van der Waals surface area contributed by atoms with Crippen LogP contribution >= 0.6 is 0 Å². The smallest absolute Gasteiger partial charge is 0.160 e. The molecular formula is C58H35N3. The first-order chi connectivity index (χ1) is 30.2. The third-order valence-electron chi connectivity index (χ3n) is 12.8. The van der Waals surface area contributed by atoms with E-state index in [0.29, 0.717) is 11.4 Å². The van der Waals surface area contributed by atoms with Crippen molar-refractivity contribution in [3.63, 3.8) is 0 Å². The van der Waals surface area contributed by atoms with E-state index in [2.05, 4.69) is 194 Å². The van der Waals surface area contributed by atoms with Gasteiger partial charge in [-0.2, -0.15) is 5.26 Å². The average molecular weight is 774 g/mol. The first kappa shape index (κ1) is 34.8. The number of nitrogens with zero attached hydrogens (tertiary/aromatic N) is 3. The summed E-state index contributed by atoms with van der Waals surface area (Å²) in [5, 5.41) is 12.0. The molecule has 0 atom stereocenters. The molecule has 0 aliphatic heterocycles. The Morgan fingerprint density at radius 3 is 1.46 bits per heavy atom. The van der Waals surface area contributed by atoms with E-state index in [1.165, 1.54) is 72.0 Å². The Balaban J connectivity index is 1.08. The van der Waals surface area contributed by atoms with E-state index in [9.17, 15) is 5.26 Å². The third-order valence-corrected chi connectivity index (χ3v) is 12.8. The molecule has 0 saturated carbocycles. The summed E-state index contributed by atoms with van der Waals surface area (Å²) in [6.45, 7) is 0. The summed E-state index contributed by atoms with van der Waals surface area (Å²) < 4.78 is 0. The van der Waals surface area contributed by atoms with E-state index in [-0.39, 0.29) is 0 Å². The minimum absolute atomic E-state index is 0.549. The van der Waals surface area contributed by atoms with E-state index in [4.69, 9.17) is 9.97 Å². The molecule has 1 spiro atoms. The zero-order chi connectivity index (χ0) is 40.5. The second-order valence-electron chi connectivity index (χ2n) is 15.9. The van der Waals surface area contributed by atoms with Crippen LogP contribution < -0.4 is 0 Å². The van der Waals surface area contributed by atoms with Gasteiger partial charge in [-0.1, -0.05) is 188 Å². The van der Waals surface area contributed by atoms with Crippen LogP contribution in [0.25, 0.3) is 89.2 Å².